The maximum absolute atomic E-state index is 12.2. The van der Waals surface area contributed by atoms with Crippen LogP contribution in [0.1, 0.15) is 37.1 Å². The number of nitrogen functional groups attached to an aromatic ring is 1. The van der Waals surface area contributed by atoms with E-state index in [0.717, 1.165) is 29.5 Å². The van der Waals surface area contributed by atoms with Crippen LogP contribution >= 0.6 is 23.1 Å². The summed E-state index contributed by atoms with van der Waals surface area (Å²) in [5.41, 5.74) is 12.5. The Bertz CT molecular complexity index is 834. The van der Waals surface area contributed by atoms with Gasteiger partial charge in [0.25, 0.3) is 0 Å². The summed E-state index contributed by atoms with van der Waals surface area (Å²) in [6, 6.07) is -0.863. The number of hydrogen-bond acceptors (Lipinski definition) is 7. The van der Waals surface area contributed by atoms with E-state index in [2.05, 4.69) is 15.3 Å². The fraction of sp³-hybridized carbons (Fsp3) is 0.500. The van der Waals surface area contributed by atoms with Crippen molar-refractivity contribution in [2.75, 3.05) is 5.73 Å². The molecule has 2 heterocycles. The summed E-state index contributed by atoms with van der Waals surface area (Å²) in [5, 5.41) is 3.01. The largest absolute Gasteiger partial charge is 0.383 e. The van der Waals surface area contributed by atoms with E-state index < -0.39 is 17.2 Å². The third-order valence-corrected chi connectivity index (χ3v) is 6.76. The van der Waals surface area contributed by atoms with Crippen LogP contribution in [0.5, 0.6) is 0 Å². The average Bonchev–Trinajstić information content (AvgIpc) is 2.90. The molecule has 25 heavy (non-hydrogen) atoms. The minimum atomic E-state index is -0.863. The summed E-state index contributed by atoms with van der Waals surface area (Å²) >= 11 is 2.87. The van der Waals surface area contributed by atoms with E-state index in [1.54, 1.807) is 11.3 Å². The van der Waals surface area contributed by atoms with Gasteiger partial charge in [0.1, 0.15) is 10.6 Å². The number of thiophene rings is 1. The van der Waals surface area contributed by atoms with Gasteiger partial charge < -0.3 is 11.5 Å². The number of fused-ring (bicyclic) bond motifs is 3. The molecule has 2 aromatic heterocycles. The number of imide groups is 1. The number of urea groups is 1. The first-order valence-corrected chi connectivity index (χ1v) is 9.91. The van der Waals surface area contributed by atoms with E-state index in [9.17, 15) is 9.59 Å². The maximum Gasteiger partial charge on any atom is 0.318 e. The van der Waals surface area contributed by atoms with Crippen LogP contribution in [-0.4, -0.2) is 27.2 Å². The van der Waals surface area contributed by atoms with Gasteiger partial charge in [0.15, 0.2) is 5.16 Å². The van der Waals surface area contributed by atoms with Crippen molar-refractivity contribution < 1.29 is 9.59 Å². The monoisotopic (exact) mass is 379 g/mol. The summed E-state index contributed by atoms with van der Waals surface area (Å²) in [6.07, 6.45) is 4.44. The molecule has 0 fully saturated rings. The summed E-state index contributed by atoms with van der Waals surface area (Å²) < 4.78 is 0. The molecule has 3 rings (SSSR count). The van der Waals surface area contributed by atoms with Gasteiger partial charge in [0.05, 0.1) is 10.6 Å². The highest BCUT2D eigenvalue weighted by Gasteiger charge is 2.27. The lowest BCUT2D eigenvalue weighted by Crippen LogP contribution is -2.42. The van der Waals surface area contributed by atoms with Crippen LogP contribution in [0.3, 0.4) is 0 Å². The number of amides is 3. The van der Waals surface area contributed by atoms with E-state index in [-0.39, 0.29) is 5.92 Å². The fourth-order valence-electron chi connectivity index (χ4n) is 3.02. The molecular weight excluding hydrogens is 358 g/mol. The van der Waals surface area contributed by atoms with E-state index in [1.807, 2.05) is 13.8 Å². The van der Waals surface area contributed by atoms with Crippen molar-refractivity contribution in [2.45, 2.75) is 49.9 Å². The smallest absolute Gasteiger partial charge is 0.318 e. The molecule has 0 radical (unpaired) electrons. The molecule has 7 nitrogen and oxygen atoms in total. The molecule has 1 unspecified atom stereocenters. The molecule has 1 atom stereocenters. The first-order valence-electron chi connectivity index (χ1n) is 8.21. The van der Waals surface area contributed by atoms with Gasteiger partial charge in [-0.2, -0.15) is 0 Å². The molecule has 1 aliphatic carbocycles. The highest BCUT2D eigenvalue weighted by molar-refractivity contribution is 8.00. The number of nitrogens with zero attached hydrogens (tertiary/aromatic N) is 2. The lowest BCUT2D eigenvalue weighted by molar-refractivity contribution is -0.120. The molecule has 2 aromatic rings. The molecule has 0 saturated carbocycles. The SMILES string of the molecule is CC(C)C(Sc1nc(N)c2c3c(sc2n1)CCCC3)C(=O)NC(N)=O. The number of hydrogen-bond donors (Lipinski definition) is 3. The molecule has 134 valence electrons. The molecule has 0 saturated heterocycles. The number of aromatic nitrogens is 2. The second-order valence-corrected chi connectivity index (χ2v) is 8.61. The predicted molar refractivity (Wildman–Crippen MR) is 101 cm³/mol. The number of anilines is 1. The number of nitrogens with two attached hydrogens (primary N) is 2. The number of nitrogens with one attached hydrogen (secondary N) is 1. The van der Waals surface area contributed by atoms with Gasteiger partial charge >= 0.3 is 6.03 Å². The summed E-state index contributed by atoms with van der Waals surface area (Å²) in [5.74, 6) is -0.00799. The van der Waals surface area contributed by atoms with Gasteiger partial charge in [-0.05, 0) is 37.2 Å². The first-order chi connectivity index (χ1) is 11.9. The Kier molecular flexibility index (Phi) is 5.14. The Labute approximate surface area is 154 Å². The highest BCUT2D eigenvalue weighted by atomic mass is 32.2. The second kappa shape index (κ2) is 7.17. The van der Waals surface area contributed by atoms with E-state index in [0.29, 0.717) is 11.0 Å². The van der Waals surface area contributed by atoms with Crippen molar-refractivity contribution >= 4 is 51.1 Å². The molecule has 0 aromatic carbocycles. The minimum absolute atomic E-state index is 0.0265. The van der Waals surface area contributed by atoms with Crippen molar-refractivity contribution in [2.24, 2.45) is 11.7 Å². The van der Waals surface area contributed by atoms with Gasteiger partial charge in [-0.15, -0.1) is 11.3 Å². The number of thioether (sulfide) groups is 1. The molecule has 0 aliphatic heterocycles. The van der Waals surface area contributed by atoms with Gasteiger partial charge in [0.2, 0.25) is 5.91 Å². The van der Waals surface area contributed by atoms with Crippen LogP contribution in [0, 0.1) is 5.92 Å². The van der Waals surface area contributed by atoms with Gasteiger partial charge in [-0.3, -0.25) is 10.1 Å². The third-order valence-electron chi connectivity index (χ3n) is 4.16. The van der Waals surface area contributed by atoms with Crippen LogP contribution in [-0.2, 0) is 17.6 Å². The zero-order valence-corrected chi connectivity index (χ0v) is 15.8. The van der Waals surface area contributed by atoms with Crippen molar-refractivity contribution in [3.8, 4) is 0 Å². The average molecular weight is 380 g/mol. The zero-order valence-electron chi connectivity index (χ0n) is 14.2. The highest BCUT2D eigenvalue weighted by Crippen LogP contribution is 2.39. The molecule has 3 amide bonds. The van der Waals surface area contributed by atoms with Crippen LogP contribution in [0.25, 0.3) is 10.2 Å². The molecule has 1 aliphatic rings. The summed E-state index contributed by atoms with van der Waals surface area (Å²) in [6.45, 7) is 3.79. The van der Waals surface area contributed by atoms with Crippen molar-refractivity contribution in [3.63, 3.8) is 0 Å². The summed E-state index contributed by atoms with van der Waals surface area (Å²) in [4.78, 5) is 34.4. The van der Waals surface area contributed by atoms with Crippen LogP contribution in [0.2, 0.25) is 0 Å². The van der Waals surface area contributed by atoms with Crippen LogP contribution < -0.4 is 16.8 Å². The van der Waals surface area contributed by atoms with Gasteiger partial charge in [0, 0.05) is 4.88 Å². The lowest BCUT2D eigenvalue weighted by Gasteiger charge is -2.18. The van der Waals surface area contributed by atoms with E-state index in [1.165, 1.54) is 28.6 Å². The Balaban J connectivity index is 1.92. The number of rotatable bonds is 4. The Morgan fingerprint density at radius 3 is 2.64 bits per heavy atom. The predicted octanol–water partition coefficient (Wildman–Crippen LogP) is 2.46. The third kappa shape index (κ3) is 3.72. The normalized spacial score (nSPS) is 15.2. The topological polar surface area (TPSA) is 124 Å². The zero-order chi connectivity index (χ0) is 18.1. The van der Waals surface area contributed by atoms with Gasteiger partial charge in [-0.25, -0.2) is 14.8 Å². The molecule has 5 N–H and O–H groups in total. The first kappa shape index (κ1) is 17.9. The lowest BCUT2D eigenvalue weighted by atomic mass is 9.97. The quantitative estimate of drug-likeness (QED) is 0.554. The summed E-state index contributed by atoms with van der Waals surface area (Å²) in [7, 11) is 0. The Hall–Kier alpha value is -1.87. The number of carbonyl (C=O) groups is 2. The molecule has 0 spiro atoms. The van der Waals surface area contributed by atoms with Crippen LogP contribution in [0.4, 0.5) is 10.6 Å². The molecule has 0 bridgehead atoms. The fourth-order valence-corrected chi connectivity index (χ4v) is 5.30. The standard InChI is InChI=1S/C16H21N5O2S2/c1-7(2)11(13(22)20-15(18)23)25-16-19-12(17)10-8-5-3-4-6-9(8)24-14(10)21-16/h7,11H,3-6H2,1-2H3,(H2,17,19,21)(H3,18,20,22,23). The Morgan fingerprint density at radius 2 is 1.96 bits per heavy atom. The maximum atomic E-state index is 12.2. The molecule has 9 heteroatoms. The number of carbonyl (C=O) groups excluding carboxylic acids is 2. The van der Waals surface area contributed by atoms with Crippen molar-refractivity contribution in [1.82, 2.24) is 15.3 Å². The number of aryl methyl sites for hydroxylation is 2. The van der Waals surface area contributed by atoms with Crippen molar-refractivity contribution in [1.29, 1.82) is 0 Å². The van der Waals surface area contributed by atoms with Crippen LogP contribution in [0.15, 0.2) is 5.16 Å². The van der Waals surface area contributed by atoms with Gasteiger partial charge in [-0.1, -0.05) is 25.6 Å². The molecular formula is C16H21N5O2S2. The number of primary amides is 1. The second-order valence-electron chi connectivity index (χ2n) is 6.42. The van der Waals surface area contributed by atoms with Crippen molar-refractivity contribution in [3.05, 3.63) is 10.4 Å². The minimum Gasteiger partial charge on any atom is -0.383 e. The van der Waals surface area contributed by atoms with E-state index in [4.69, 9.17) is 11.5 Å². The Morgan fingerprint density at radius 1 is 1.24 bits per heavy atom. The van der Waals surface area contributed by atoms with E-state index >= 15 is 0 Å².